The number of amides is 2. The highest BCUT2D eigenvalue weighted by Gasteiger charge is 2.48. The van der Waals surface area contributed by atoms with Gasteiger partial charge in [0.2, 0.25) is 11.7 Å². The van der Waals surface area contributed by atoms with E-state index >= 15 is 0 Å². The van der Waals surface area contributed by atoms with E-state index in [1.165, 1.54) is 4.90 Å². The summed E-state index contributed by atoms with van der Waals surface area (Å²) in [6, 6.07) is -1.01. The van der Waals surface area contributed by atoms with Gasteiger partial charge in [0, 0.05) is 56.9 Å². The lowest BCUT2D eigenvalue weighted by molar-refractivity contribution is -0.199. The van der Waals surface area contributed by atoms with Gasteiger partial charge in [0.25, 0.3) is 5.91 Å². The predicted octanol–water partition coefficient (Wildman–Crippen LogP) is 6.00. The minimum absolute atomic E-state index is 0.0254. The molecule has 3 fully saturated rings. The summed E-state index contributed by atoms with van der Waals surface area (Å²) in [5.41, 5.74) is 2.47. The van der Waals surface area contributed by atoms with Crippen molar-refractivity contribution in [3.8, 4) is 0 Å². The van der Waals surface area contributed by atoms with Crippen molar-refractivity contribution >= 4 is 29.3 Å². The van der Waals surface area contributed by atoms with Gasteiger partial charge in [-0.05, 0) is 108 Å². The minimum Gasteiger partial charge on any atom is -0.456 e. The molecular weight excluding hydrogens is 755 g/mol. The monoisotopic (exact) mass is 828 g/mol. The topological polar surface area (TPSA) is 185 Å². The van der Waals surface area contributed by atoms with E-state index in [0.717, 1.165) is 24.0 Å². The van der Waals surface area contributed by atoms with Crippen LogP contribution in [0.3, 0.4) is 0 Å². The third-order valence-electron chi connectivity index (χ3n) is 13.1. The lowest BCUT2D eigenvalue weighted by Crippen LogP contribution is -2.58. The number of aliphatic hydroxyl groups is 2. The molecule has 4 rings (SSSR count). The molecule has 1 unspecified atom stereocenters. The van der Waals surface area contributed by atoms with Crippen LogP contribution in [0.25, 0.3) is 0 Å². The molecule has 3 heterocycles. The van der Waals surface area contributed by atoms with Gasteiger partial charge >= 0.3 is 5.97 Å². The number of hydrogen-bond donors (Lipinski definition) is 4. The molecule has 13 nitrogen and oxygen atoms in total. The molecule has 0 spiro atoms. The van der Waals surface area contributed by atoms with Crippen molar-refractivity contribution in [3.63, 3.8) is 0 Å². The van der Waals surface area contributed by atoms with Crippen LogP contribution in [0, 0.1) is 35.0 Å². The average Bonchev–Trinajstić information content (AvgIpc) is 3.20. The molecule has 13 heteroatoms. The number of rotatable bonds is 8. The largest absolute Gasteiger partial charge is 0.456 e. The van der Waals surface area contributed by atoms with Crippen LogP contribution in [0.5, 0.6) is 0 Å². The van der Waals surface area contributed by atoms with Crippen LogP contribution < -0.4 is 5.32 Å². The highest BCUT2D eigenvalue weighted by atomic mass is 16.6. The molecule has 2 amide bonds. The minimum atomic E-state index is -1.10. The number of nitrogens with zero attached hydrogens (tertiary/aromatic N) is 1. The SMILES string of the molecule is C=C(C[C@@H]1/C=C(\C)C[C@H](C)C[C@H](OC)[C@H]2OC(C(=O)C(=O)N3CCCC[C@H]3C(=O)O[C@H](/C(C)=C/C3CCC(O)CC3)[C@H](C)[C@@H](O)CC1=N)[C@H](C)C[C@@H]2OC)NC(=O)CC. The van der Waals surface area contributed by atoms with Gasteiger partial charge in [0.15, 0.2) is 0 Å². The Kier molecular flexibility index (Phi) is 18.5. The van der Waals surface area contributed by atoms with Crippen molar-refractivity contribution < 1.29 is 48.3 Å². The van der Waals surface area contributed by atoms with Crippen LogP contribution in [-0.4, -0.2) is 114 Å². The van der Waals surface area contributed by atoms with E-state index in [0.29, 0.717) is 57.1 Å². The number of ketones is 1. The first-order valence-corrected chi connectivity index (χ1v) is 22.0. The number of carbonyl (C=O) groups is 4. The summed E-state index contributed by atoms with van der Waals surface area (Å²) in [5.74, 6) is -3.56. The van der Waals surface area contributed by atoms with Crippen molar-refractivity contribution in [2.24, 2.45) is 29.6 Å². The third-order valence-corrected chi connectivity index (χ3v) is 13.1. The maximum Gasteiger partial charge on any atom is 0.329 e. The zero-order chi connectivity index (χ0) is 43.6. The zero-order valence-electron chi connectivity index (χ0n) is 36.9. The average molecular weight is 828 g/mol. The summed E-state index contributed by atoms with van der Waals surface area (Å²) in [5, 5.41) is 34.2. The number of nitrogens with one attached hydrogen (secondary N) is 2. The molecule has 11 atom stereocenters. The number of carbonyl (C=O) groups excluding carboxylic acids is 4. The summed E-state index contributed by atoms with van der Waals surface area (Å²) in [7, 11) is 3.21. The van der Waals surface area contributed by atoms with Crippen molar-refractivity contribution in [2.75, 3.05) is 20.8 Å². The van der Waals surface area contributed by atoms with Crippen molar-refractivity contribution in [1.29, 1.82) is 5.41 Å². The van der Waals surface area contributed by atoms with E-state index in [1.54, 1.807) is 28.1 Å². The molecule has 3 aliphatic heterocycles. The van der Waals surface area contributed by atoms with E-state index in [-0.39, 0.29) is 67.4 Å². The molecular formula is C46H73N3O10. The molecule has 1 aliphatic carbocycles. The molecule has 0 aromatic heterocycles. The first-order valence-electron chi connectivity index (χ1n) is 22.0. The number of allylic oxidation sites excluding steroid dienone is 4. The van der Waals surface area contributed by atoms with Crippen molar-refractivity contribution in [3.05, 3.63) is 35.6 Å². The summed E-state index contributed by atoms with van der Waals surface area (Å²) in [6.07, 6.45) is 5.91. The number of esters is 1. The highest BCUT2D eigenvalue weighted by Crippen LogP contribution is 2.35. The van der Waals surface area contributed by atoms with Gasteiger partial charge in [0.05, 0.1) is 24.4 Å². The second-order valence-corrected chi connectivity index (χ2v) is 18.0. The number of aliphatic hydroxyl groups excluding tert-OH is 2. The number of cyclic esters (lactones) is 1. The van der Waals surface area contributed by atoms with Crippen LogP contribution >= 0.6 is 0 Å². The normalized spacial score (nSPS) is 37.3. The van der Waals surface area contributed by atoms with Crippen LogP contribution in [0.2, 0.25) is 0 Å². The van der Waals surface area contributed by atoms with E-state index in [9.17, 15) is 34.8 Å². The Hall–Kier alpha value is -3.23. The molecule has 332 valence electrons. The number of piperidine rings is 1. The lowest BCUT2D eigenvalue weighted by atomic mass is 9.82. The quantitative estimate of drug-likeness (QED) is 0.129. The summed E-state index contributed by atoms with van der Waals surface area (Å²) in [6.45, 7) is 15.7. The second-order valence-electron chi connectivity index (χ2n) is 18.0. The van der Waals surface area contributed by atoms with Crippen molar-refractivity contribution in [1.82, 2.24) is 10.2 Å². The lowest BCUT2D eigenvalue weighted by Gasteiger charge is -2.43. The standard InChI is InChI=1S/C46H73N3O10/c1-10-40(52)48-30(6)24-33-20-26(2)19-27(3)21-38(56-8)44-39(57-9)23-29(5)43(58-44)41(53)45(54)49-18-12-11-13-36(49)46(55)59-42(31(7)37(51)25-35(33)47)28(4)22-32-14-16-34(50)17-15-32/h20,22,27,29,31-34,36-39,42-44,47,50-51H,6,10-19,21,23-25H2,1-5,7-9H3,(H,48,52)/b26-20+,28-22+,47-35?/t27-,29+,31+,32?,33-,34?,36-,37-,38-,39-,42+,43?,44+/m0/s1. The number of methoxy groups -OCH3 is 2. The van der Waals surface area contributed by atoms with Gasteiger partial charge in [-0.25, -0.2) is 4.79 Å². The molecule has 4 N–H and O–H groups in total. The van der Waals surface area contributed by atoms with E-state index in [4.69, 9.17) is 18.9 Å². The Morgan fingerprint density at radius 1 is 1.02 bits per heavy atom. The fraction of sp³-hybridized carbons (Fsp3) is 0.761. The maximum absolute atomic E-state index is 14.3. The van der Waals surface area contributed by atoms with Gasteiger partial charge in [-0.15, -0.1) is 0 Å². The first-order chi connectivity index (χ1) is 28.0. The van der Waals surface area contributed by atoms with Gasteiger partial charge < -0.3 is 44.8 Å². The summed E-state index contributed by atoms with van der Waals surface area (Å²) >= 11 is 0. The van der Waals surface area contributed by atoms with Gasteiger partial charge in [0.1, 0.15) is 24.4 Å². The predicted molar refractivity (Wildman–Crippen MR) is 225 cm³/mol. The first kappa shape index (κ1) is 48.4. The Balaban J connectivity index is 1.77. The number of ether oxygens (including phenoxy) is 4. The van der Waals surface area contributed by atoms with Crippen LogP contribution in [0.15, 0.2) is 35.6 Å². The maximum atomic E-state index is 14.3. The number of hydrogen-bond acceptors (Lipinski definition) is 11. The van der Waals surface area contributed by atoms with Crippen LogP contribution in [0.1, 0.15) is 125 Å². The Morgan fingerprint density at radius 2 is 1.68 bits per heavy atom. The van der Waals surface area contributed by atoms with Crippen LogP contribution in [0.4, 0.5) is 0 Å². The molecule has 59 heavy (non-hydrogen) atoms. The molecule has 4 aliphatic rings. The van der Waals surface area contributed by atoms with E-state index in [1.807, 2.05) is 26.8 Å². The third kappa shape index (κ3) is 13.1. The van der Waals surface area contributed by atoms with Crippen molar-refractivity contribution in [2.45, 2.75) is 174 Å². The smallest absolute Gasteiger partial charge is 0.329 e. The Bertz CT molecular complexity index is 1550. The fourth-order valence-corrected chi connectivity index (χ4v) is 9.58. The van der Waals surface area contributed by atoms with Gasteiger partial charge in [-0.2, -0.15) is 0 Å². The number of fused-ring (bicyclic) bond motifs is 3. The molecule has 2 saturated heterocycles. The zero-order valence-corrected chi connectivity index (χ0v) is 36.9. The van der Waals surface area contributed by atoms with Crippen LogP contribution in [-0.2, 0) is 38.1 Å². The number of Topliss-reactive ketones (excluding diaryl/α,β-unsaturated/α-hetero) is 1. The molecule has 0 aromatic rings. The molecule has 0 radical (unpaired) electrons. The fourth-order valence-electron chi connectivity index (χ4n) is 9.58. The van der Waals surface area contributed by atoms with E-state index < -0.39 is 66.1 Å². The van der Waals surface area contributed by atoms with Gasteiger partial charge in [-0.3, -0.25) is 14.4 Å². The Morgan fingerprint density at radius 3 is 2.32 bits per heavy atom. The summed E-state index contributed by atoms with van der Waals surface area (Å²) in [4.78, 5) is 56.4. The molecule has 2 bridgehead atoms. The Labute approximate surface area is 352 Å². The van der Waals surface area contributed by atoms with Gasteiger partial charge in [-0.1, -0.05) is 52.0 Å². The summed E-state index contributed by atoms with van der Waals surface area (Å²) < 4.78 is 24.8. The second kappa shape index (κ2) is 22.6. The molecule has 1 saturated carbocycles. The van der Waals surface area contributed by atoms with E-state index in [2.05, 4.69) is 24.9 Å². The highest BCUT2D eigenvalue weighted by molar-refractivity contribution is 6.38. The molecule has 0 aromatic carbocycles.